The van der Waals surface area contributed by atoms with Gasteiger partial charge in [-0.25, -0.2) is 13.2 Å². The fraction of sp³-hybridized carbons (Fsp3) is 0.100. The second-order valence-corrected chi connectivity index (χ2v) is 2.63. The second-order valence-electron chi connectivity index (χ2n) is 2.63. The topological polar surface area (TPSA) is 0 Å². The molecule has 0 heterocycles. The molecular formula is C10H8F3. The van der Waals surface area contributed by atoms with Crippen LogP contribution in [0.25, 0.3) is 0 Å². The summed E-state index contributed by atoms with van der Waals surface area (Å²) in [4.78, 5) is 0. The van der Waals surface area contributed by atoms with E-state index in [0.717, 1.165) is 6.07 Å². The van der Waals surface area contributed by atoms with Crippen molar-refractivity contribution in [3.63, 3.8) is 0 Å². The Bertz CT molecular complexity index is 331. The van der Waals surface area contributed by atoms with Crippen molar-refractivity contribution in [2.45, 2.75) is 6.92 Å². The van der Waals surface area contributed by atoms with Crippen molar-refractivity contribution >= 4 is 0 Å². The molecule has 0 aliphatic carbocycles. The summed E-state index contributed by atoms with van der Waals surface area (Å²) in [6, 6.07) is 1.35. The van der Waals surface area contributed by atoms with Crippen LogP contribution >= 0.6 is 0 Å². The van der Waals surface area contributed by atoms with E-state index in [1.54, 1.807) is 6.92 Å². The van der Waals surface area contributed by atoms with E-state index < -0.39 is 17.5 Å². The highest BCUT2D eigenvalue weighted by molar-refractivity contribution is 5.36. The molecule has 0 aromatic heterocycles. The van der Waals surface area contributed by atoms with Gasteiger partial charge in [-0.2, -0.15) is 0 Å². The lowest BCUT2D eigenvalue weighted by Gasteiger charge is -2.07. The lowest BCUT2D eigenvalue weighted by atomic mass is 10.0. The fourth-order valence-electron chi connectivity index (χ4n) is 0.935. The van der Waals surface area contributed by atoms with E-state index in [9.17, 15) is 13.2 Å². The molecule has 0 unspecified atom stereocenters. The summed E-state index contributed by atoms with van der Waals surface area (Å²) in [5, 5.41) is 0. The van der Waals surface area contributed by atoms with Crippen molar-refractivity contribution < 1.29 is 13.2 Å². The molecule has 3 heteroatoms. The molecule has 0 aliphatic heterocycles. The number of rotatable bonds is 2. The van der Waals surface area contributed by atoms with Gasteiger partial charge in [-0.15, -0.1) is 6.58 Å². The van der Waals surface area contributed by atoms with E-state index in [0.29, 0.717) is 12.0 Å². The normalized spacial score (nSPS) is 10.5. The Hall–Kier alpha value is -1.25. The summed E-state index contributed by atoms with van der Waals surface area (Å²) in [5.74, 6) is -2.55. The molecule has 1 radical (unpaired) electrons. The minimum atomic E-state index is -1.18. The number of benzene rings is 1. The summed E-state index contributed by atoms with van der Waals surface area (Å²) >= 11 is 0. The van der Waals surface area contributed by atoms with Crippen LogP contribution in [0.3, 0.4) is 0 Å². The molecule has 13 heavy (non-hydrogen) atoms. The summed E-state index contributed by atoms with van der Waals surface area (Å²) < 4.78 is 38.1. The first-order chi connectivity index (χ1) is 6.06. The zero-order valence-electron chi connectivity index (χ0n) is 7.07. The zero-order valence-corrected chi connectivity index (χ0v) is 7.07. The first-order valence-corrected chi connectivity index (χ1v) is 3.67. The van der Waals surface area contributed by atoms with Gasteiger partial charge >= 0.3 is 0 Å². The first kappa shape index (κ1) is 9.84. The highest BCUT2D eigenvalue weighted by Gasteiger charge is 2.13. The molecule has 0 atom stereocenters. The first-order valence-electron chi connectivity index (χ1n) is 3.67. The van der Waals surface area contributed by atoms with Crippen LogP contribution in [0.5, 0.6) is 0 Å². The molecule has 0 amide bonds. The Balaban J connectivity index is 3.22. The van der Waals surface area contributed by atoms with Crippen molar-refractivity contribution in [3.8, 4) is 0 Å². The zero-order chi connectivity index (χ0) is 10.0. The molecule has 0 saturated heterocycles. The largest absolute Gasteiger partial charge is 0.207 e. The highest BCUT2D eigenvalue weighted by atomic mass is 19.2. The van der Waals surface area contributed by atoms with E-state index in [-0.39, 0.29) is 5.56 Å². The van der Waals surface area contributed by atoms with E-state index >= 15 is 0 Å². The van der Waals surface area contributed by atoms with Crippen LogP contribution in [0.15, 0.2) is 24.8 Å². The van der Waals surface area contributed by atoms with Gasteiger partial charge in [0, 0.05) is 17.5 Å². The number of hydrogen-bond donors (Lipinski definition) is 0. The maximum absolute atomic E-state index is 13.0. The van der Waals surface area contributed by atoms with Gasteiger partial charge in [0.2, 0.25) is 0 Å². The fourth-order valence-corrected chi connectivity index (χ4v) is 0.935. The van der Waals surface area contributed by atoms with Crippen LogP contribution in [0.2, 0.25) is 0 Å². The predicted octanol–water partition coefficient (Wildman–Crippen LogP) is 3.23. The van der Waals surface area contributed by atoms with E-state index in [2.05, 4.69) is 6.58 Å². The molecule has 1 rings (SSSR count). The molecule has 0 N–H and O–H groups in total. The van der Waals surface area contributed by atoms with Gasteiger partial charge in [-0.1, -0.05) is 13.0 Å². The molecule has 0 spiro atoms. The van der Waals surface area contributed by atoms with Crippen LogP contribution < -0.4 is 0 Å². The molecule has 1 aromatic carbocycles. The third kappa shape index (κ3) is 1.91. The Kier molecular flexibility index (Phi) is 2.76. The van der Waals surface area contributed by atoms with Gasteiger partial charge in [0.1, 0.15) is 5.82 Å². The van der Waals surface area contributed by atoms with Gasteiger partial charge in [-0.05, 0) is 6.07 Å². The molecule has 0 bridgehead atoms. The molecular weight excluding hydrogens is 177 g/mol. The van der Waals surface area contributed by atoms with Crippen LogP contribution in [0.1, 0.15) is 12.5 Å². The van der Waals surface area contributed by atoms with Gasteiger partial charge in [0.05, 0.1) is 0 Å². The molecule has 0 aliphatic rings. The maximum Gasteiger partial charge on any atom is 0.161 e. The average Bonchev–Trinajstić information content (AvgIpc) is 2.10. The maximum atomic E-state index is 13.0. The number of hydrogen-bond acceptors (Lipinski definition) is 0. The Labute approximate surface area is 74.7 Å². The van der Waals surface area contributed by atoms with Crippen LogP contribution in [-0.4, -0.2) is 0 Å². The molecule has 0 saturated carbocycles. The Morgan fingerprint density at radius 1 is 1.15 bits per heavy atom. The van der Waals surface area contributed by atoms with Crippen molar-refractivity contribution in [2.24, 2.45) is 0 Å². The summed E-state index contributed by atoms with van der Waals surface area (Å²) in [6.45, 7) is 4.98. The third-order valence-corrected chi connectivity index (χ3v) is 1.74. The lowest BCUT2D eigenvalue weighted by Crippen LogP contribution is -1.98. The van der Waals surface area contributed by atoms with Gasteiger partial charge in [0.15, 0.2) is 11.6 Å². The highest BCUT2D eigenvalue weighted by Crippen LogP contribution is 2.21. The SMILES string of the molecule is C=C[C](C)c1cc(F)c(F)cc1F. The average molecular weight is 185 g/mol. The molecule has 69 valence electrons. The Morgan fingerprint density at radius 3 is 2.23 bits per heavy atom. The second kappa shape index (κ2) is 3.64. The van der Waals surface area contributed by atoms with E-state index in [1.165, 1.54) is 6.08 Å². The van der Waals surface area contributed by atoms with Crippen molar-refractivity contribution in [3.05, 3.63) is 53.7 Å². The van der Waals surface area contributed by atoms with Gasteiger partial charge in [-0.3, -0.25) is 0 Å². The van der Waals surface area contributed by atoms with Crippen molar-refractivity contribution in [1.82, 2.24) is 0 Å². The summed E-state index contributed by atoms with van der Waals surface area (Å²) in [7, 11) is 0. The third-order valence-electron chi connectivity index (χ3n) is 1.74. The van der Waals surface area contributed by atoms with Crippen molar-refractivity contribution in [2.75, 3.05) is 0 Å². The standard InChI is InChI=1S/C10H8F3/c1-3-6(2)7-4-9(12)10(13)5-8(7)11/h3-5H,1H2,2H3. The van der Waals surface area contributed by atoms with E-state index in [4.69, 9.17) is 0 Å². The summed E-state index contributed by atoms with van der Waals surface area (Å²) in [5.41, 5.74) is 0.0360. The minimum Gasteiger partial charge on any atom is -0.207 e. The van der Waals surface area contributed by atoms with Gasteiger partial charge in [0.25, 0.3) is 0 Å². The van der Waals surface area contributed by atoms with Crippen LogP contribution in [-0.2, 0) is 0 Å². The predicted molar refractivity (Wildman–Crippen MR) is 44.5 cm³/mol. The smallest absolute Gasteiger partial charge is 0.161 e. The van der Waals surface area contributed by atoms with Crippen LogP contribution in [0, 0.1) is 23.4 Å². The number of halogens is 3. The van der Waals surface area contributed by atoms with Crippen LogP contribution in [0.4, 0.5) is 13.2 Å². The monoisotopic (exact) mass is 185 g/mol. The summed E-state index contributed by atoms with van der Waals surface area (Å²) in [6.07, 6.45) is 1.38. The minimum absolute atomic E-state index is 0.0360. The van der Waals surface area contributed by atoms with Crippen molar-refractivity contribution in [1.29, 1.82) is 0 Å². The Morgan fingerprint density at radius 2 is 1.69 bits per heavy atom. The molecule has 0 fully saturated rings. The molecule has 1 aromatic rings. The van der Waals surface area contributed by atoms with E-state index in [1.807, 2.05) is 0 Å². The quantitative estimate of drug-likeness (QED) is 0.620. The number of allylic oxidation sites excluding steroid dienone is 1. The molecule has 0 nitrogen and oxygen atoms in total. The van der Waals surface area contributed by atoms with Gasteiger partial charge < -0.3 is 0 Å². The lowest BCUT2D eigenvalue weighted by molar-refractivity contribution is 0.492.